The summed E-state index contributed by atoms with van der Waals surface area (Å²) < 4.78 is 11.6. The van der Waals surface area contributed by atoms with Gasteiger partial charge in [0.15, 0.2) is 5.96 Å². The van der Waals surface area contributed by atoms with Gasteiger partial charge < -0.3 is 19.7 Å². The molecule has 0 aliphatic carbocycles. The highest BCUT2D eigenvalue weighted by Crippen LogP contribution is 2.33. The van der Waals surface area contributed by atoms with E-state index in [9.17, 15) is 0 Å². The number of para-hydroxylation sites is 1. The molecule has 0 aromatic heterocycles. The number of aliphatic imine (C=N–C) groups is 1. The van der Waals surface area contributed by atoms with E-state index in [0.29, 0.717) is 5.92 Å². The first-order valence-corrected chi connectivity index (χ1v) is 10.5. The summed E-state index contributed by atoms with van der Waals surface area (Å²) in [6, 6.07) is 18.7. The number of rotatable bonds is 7. The molecule has 2 unspecified atom stereocenters. The van der Waals surface area contributed by atoms with Crippen molar-refractivity contribution in [3.8, 4) is 5.75 Å². The molecule has 1 saturated heterocycles. The number of hydrogen-bond donors (Lipinski definition) is 1. The number of hydrogen-bond acceptors (Lipinski definition) is 3. The Morgan fingerprint density at radius 3 is 2.63 bits per heavy atom. The van der Waals surface area contributed by atoms with Gasteiger partial charge in [-0.1, -0.05) is 48.5 Å². The van der Waals surface area contributed by atoms with Crippen LogP contribution in [0.4, 0.5) is 0 Å². The molecular weight excluding hydrogens is 489 g/mol. The molecule has 1 aliphatic heterocycles. The van der Waals surface area contributed by atoms with Gasteiger partial charge in [0.25, 0.3) is 0 Å². The lowest BCUT2D eigenvalue weighted by Crippen LogP contribution is -2.39. The Kier molecular flexibility index (Phi) is 10.4. The van der Waals surface area contributed by atoms with Crippen molar-refractivity contribution >= 4 is 29.9 Å². The second kappa shape index (κ2) is 12.8. The van der Waals surface area contributed by atoms with Gasteiger partial charge in [-0.05, 0) is 31.4 Å². The van der Waals surface area contributed by atoms with Gasteiger partial charge in [0, 0.05) is 44.8 Å². The first-order chi connectivity index (χ1) is 14.2. The Morgan fingerprint density at radius 1 is 1.17 bits per heavy atom. The van der Waals surface area contributed by atoms with E-state index >= 15 is 0 Å². The Morgan fingerprint density at radius 2 is 1.90 bits per heavy atom. The molecule has 2 atom stereocenters. The van der Waals surface area contributed by atoms with Crippen LogP contribution in [0.15, 0.2) is 59.6 Å². The summed E-state index contributed by atoms with van der Waals surface area (Å²) in [5.41, 5.74) is 2.39. The average molecular weight is 523 g/mol. The number of halogens is 1. The van der Waals surface area contributed by atoms with Crippen molar-refractivity contribution < 1.29 is 9.47 Å². The molecule has 1 heterocycles. The molecule has 2 aromatic rings. The summed E-state index contributed by atoms with van der Waals surface area (Å²) in [6.07, 6.45) is 2.35. The van der Waals surface area contributed by atoms with E-state index in [1.54, 1.807) is 7.11 Å². The predicted octanol–water partition coefficient (Wildman–Crippen LogP) is 4.88. The number of benzene rings is 2. The fourth-order valence-corrected chi connectivity index (χ4v) is 3.88. The molecule has 164 valence electrons. The molecule has 0 spiro atoms. The molecular formula is C24H34IN3O2. The predicted molar refractivity (Wildman–Crippen MR) is 134 cm³/mol. The van der Waals surface area contributed by atoms with Gasteiger partial charge in [0.1, 0.15) is 5.75 Å². The highest BCUT2D eigenvalue weighted by Gasteiger charge is 2.27. The monoisotopic (exact) mass is 523 g/mol. The molecule has 0 radical (unpaired) electrons. The van der Waals surface area contributed by atoms with Gasteiger partial charge >= 0.3 is 0 Å². The molecule has 1 N–H and O–H groups in total. The highest BCUT2D eigenvalue weighted by molar-refractivity contribution is 14.0. The van der Waals surface area contributed by atoms with Crippen LogP contribution in [0, 0.1) is 5.92 Å². The van der Waals surface area contributed by atoms with E-state index in [1.807, 2.05) is 18.2 Å². The second-order valence-corrected chi connectivity index (χ2v) is 7.47. The minimum absolute atomic E-state index is 0. The van der Waals surface area contributed by atoms with Crippen molar-refractivity contribution in [1.29, 1.82) is 0 Å². The van der Waals surface area contributed by atoms with E-state index in [2.05, 4.69) is 60.6 Å². The number of guanidine groups is 1. The molecule has 30 heavy (non-hydrogen) atoms. The summed E-state index contributed by atoms with van der Waals surface area (Å²) in [6.45, 7) is 5.24. The van der Waals surface area contributed by atoms with Gasteiger partial charge in [0.2, 0.25) is 0 Å². The third-order valence-electron chi connectivity index (χ3n) is 5.34. The van der Waals surface area contributed by atoms with E-state index < -0.39 is 0 Å². The maximum absolute atomic E-state index is 6.14. The quantitative estimate of drug-likeness (QED) is 0.320. The van der Waals surface area contributed by atoms with Crippen LogP contribution in [0.3, 0.4) is 0 Å². The lowest BCUT2D eigenvalue weighted by molar-refractivity contribution is -0.0250. The molecule has 6 heteroatoms. The maximum atomic E-state index is 6.14. The van der Waals surface area contributed by atoms with Gasteiger partial charge in [0.05, 0.1) is 13.2 Å². The molecule has 0 amide bonds. The highest BCUT2D eigenvalue weighted by atomic mass is 127. The van der Waals surface area contributed by atoms with Crippen LogP contribution in [0.2, 0.25) is 0 Å². The van der Waals surface area contributed by atoms with Crippen LogP contribution in [0.1, 0.15) is 37.0 Å². The minimum Gasteiger partial charge on any atom is -0.496 e. The van der Waals surface area contributed by atoms with E-state index in [-0.39, 0.29) is 30.1 Å². The van der Waals surface area contributed by atoms with Crippen molar-refractivity contribution in [2.75, 3.05) is 33.9 Å². The largest absolute Gasteiger partial charge is 0.496 e. The van der Waals surface area contributed by atoms with Crippen LogP contribution < -0.4 is 10.1 Å². The zero-order valence-corrected chi connectivity index (χ0v) is 20.5. The number of ether oxygens (including phenoxy) is 2. The third-order valence-corrected chi connectivity index (χ3v) is 5.34. The van der Waals surface area contributed by atoms with Crippen LogP contribution in [-0.4, -0.2) is 44.7 Å². The number of nitrogens with one attached hydrogen (secondary N) is 1. The first-order valence-electron chi connectivity index (χ1n) is 10.5. The molecule has 1 aliphatic rings. The summed E-state index contributed by atoms with van der Waals surface area (Å²) in [5, 5.41) is 3.43. The van der Waals surface area contributed by atoms with Gasteiger partial charge in [-0.2, -0.15) is 0 Å². The lowest BCUT2D eigenvalue weighted by Gasteiger charge is -2.32. The number of methoxy groups -OCH3 is 1. The minimum atomic E-state index is 0. The number of nitrogens with zero attached hydrogens (tertiary/aromatic N) is 2. The Balaban J connectivity index is 0.00000320. The summed E-state index contributed by atoms with van der Waals surface area (Å²) in [7, 11) is 3.78. The first kappa shape index (κ1) is 24.5. The fraction of sp³-hybridized carbons (Fsp3) is 0.458. The normalized spacial score (nSPS) is 19.0. The topological polar surface area (TPSA) is 46.1 Å². The summed E-state index contributed by atoms with van der Waals surface area (Å²) in [5.74, 6) is 2.20. The molecule has 0 bridgehead atoms. The van der Waals surface area contributed by atoms with Crippen LogP contribution in [0.25, 0.3) is 0 Å². The third kappa shape index (κ3) is 6.60. The average Bonchev–Trinajstić information content (AvgIpc) is 2.77. The van der Waals surface area contributed by atoms with Gasteiger partial charge in [-0.3, -0.25) is 4.99 Å². The molecule has 2 aromatic carbocycles. The summed E-state index contributed by atoms with van der Waals surface area (Å²) >= 11 is 0. The molecule has 5 nitrogen and oxygen atoms in total. The van der Waals surface area contributed by atoms with Crippen molar-refractivity contribution in [3.63, 3.8) is 0 Å². The van der Waals surface area contributed by atoms with Gasteiger partial charge in [-0.25, -0.2) is 0 Å². The van der Waals surface area contributed by atoms with Gasteiger partial charge in [-0.15, -0.1) is 24.0 Å². The van der Waals surface area contributed by atoms with Crippen molar-refractivity contribution in [2.45, 2.75) is 32.4 Å². The molecule has 3 rings (SSSR count). The zero-order chi connectivity index (χ0) is 20.5. The lowest BCUT2D eigenvalue weighted by atomic mass is 9.89. The Bertz CT molecular complexity index is 785. The second-order valence-electron chi connectivity index (χ2n) is 7.47. The fourth-order valence-electron chi connectivity index (χ4n) is 3.88. The Hall–Kier alpha value is -1.80. The van der Waals surface area contributed by atoms with Crippen molar-refractivity contribution in [3.05, 3.63) is 65.7 Å². The van der Waals surface area contributed by atoms with Crippen LogP contribution >= 0.6 is 24.0 Å². The Labute approximate surface area is 197 Å². The van der Waals surface area contributed by atoms with Crippen molar-refractivity contribution in [1.82, 2.24) is 10.2 Å². The zero-order valence-electron chi connectivity index (χ0n) is 18.2. The van der Waals surface area contributed by atoms with Crippen LogP contribution in [-0.2, 0) is 11.3 Å². The van der Waals surface area contributed by atoms with Crippen molar-refractivity contribution in [2.24, 2.45) is 10.9 Å². The van der Waals surface area contributed by atoms with E-state index in [1.165, 1.54) is 5.56 Å². The van der Waals surface area contributed by atoms with E-state index in [0.717, 1.165) is 56.4 Å². The van der Waals surface area contributed by atoms with Crippen LogP contribution in [0.5, 0.6) is 5.75 Å². The summed E-state index contributed by atoms with van der Waals surface area (Å²) in [4.78, 5) is 7.13. The smallest absolute Gasteiger partial charge is 0.193 e. The standard InChI is InChI=1S/C24H33N3O2.HI/c1-4-25-24(27(2)18-21-13-8-9-15-22(21)28-3)26-17-20-14-10-16-29-23(20)19-11-6-5-7-12-19;/h5-9,11-13,15,20,23H,4,10,14,16-18H2,1-3H3,(H,25,26);1H. The molecule has 0 saturated carbocycles. The molecule has 1 fully saturated rings. The maximum Gasteiger partial charge on any atom is 0.193 e. The van der Waals surface area contributed by atoms with E-state index in [4.69, 9.17) is 14.5 Å². The SMILES string of the molecule is CCNC(=NCC1CCCOC1c1ccccc1)N(C)Cc1ccccc1OC.I.